The molecule has 1 unspecified atom stereocenters. The summed E-state index contributed by atoms with van der Waals surface area (Å²) in [5, 5.41) is 0. The first-order valence-corrected chi connectivity index (χ1v) is 5.23. The minimum absolute atomic E-state index is 0.0605. The minimum Gasteiger partial charge on any atom is -0.362 e. The molecule has 3 heteroatoms. The van der Waals surface area contributed by atoms with Gasteiger partial charge in [-0.25, -0.2) is 0 Å². The van der Waals surface area contributed by atoms with Crippen LogP contribution in [0, 0.1) is 0 Å². The van der Waals surface area contributed by atoms with E-state index < -0.39 is 5.60 Å². The molecule has 2 N–H and O–H groups in total. The summed E-state index contributed by atoms with van der Waals surface area (Å²) in [6.45, 7) is 2.36. The number of ether oxygens (including phenoxy) is 1. The maximum absolute atomic E-state index is 11.7. The van der Waals surface area contributed by atoms with Crippen molar-refractivity contribution in [1.29, 1.82) is 0 Å². The van der Waals surface area contributed by atoms with E-state index in [4.69, 9.17) is 10.5 Å². The third kappa shape index (κ3) is 1.88. The second-order valence-electron chi connectivity index (χ2n) is 4.45. The van der Waals surface area contributed by atoms with Gasteiger partial charge in [0, 0.05) is 0 Å². The molecule has 0 radical (unpaired) electrons. The average Bonchev–Trinajstić information content (AvgIpc) is 2.71. The topological polar surface area (TPSA) is 55.6 Å². The van der Waals surface area contributed by atoms with Crippen molar-refractivity contribution in [2.24, 2.45) is 5.73 Å². The molecule has 0 aromatic rings. The Morgan fingerprint density at radius 3 is 3.00 bits per heavy atom. The van der Waals surface area contributed by atoms with E-state index in [-0.39, 0.29) is 11.8 Å². The number of allylic oxidation sites excluding steroid dienone is 1. The van der Waals surface area contributed by atoms with E-state index >= 15 is 0 Å². The lowest BCUT2D eigenvalue weighted by Gasteiger charge is -2.13. The van der Waals surface area contributed by atoms with E-state index in [1.54, 1.807) is 0 Å². The van der Waals surface area contributed by atoms with Gasteiger partial charge in [0.1, 0.15) is 5.60 Å². The zero-order chi connectivity index (χ0) is 10.2. The number of carbonyl (C=O) groups is 1. The summed E-state index contributed by atoms with van der Waals surface area (Å²) in [6.07, 6.45) is 6.40. The van der Waals surface area contributed by atoms with Gasteiger partial charge in [-0.1, -0.05) is 11.6 Å². The van der Waals surface area contributed by atoms with Gasteiger partial charge in [0.15, 0.2) is 5.78 Å². The molecular weight excluding hydrogens is 178 g/mol. The summed E-state index contributed by atoms with van der Waals surface area (Å²) < 4.78 is 5.09. The first-order chi connectivity index (χ1) is 6.62. The lowest BCUT2D eigenvalue weighted by molar-refractivity contribution is -0.124. The van der Waals surface area contributed by atoms with Crippen molar-refractivity contribution in [3.63, 3.8) is 0 Å². The Hall–Kier alpha value is -0.670. The van der Waals surface area contributed by atoms with E-state index in [0.29, 0.717) is 6.61 Å². The molecule has 0 aromatic heterocycles. The summed E-state index contributed by atoms with van der Waals surface area (Å²) >= 11 is 0. The fraction of sp³-hybridized carbons (Fsp3) is 0.727. The molecule has 1 fully saturated rings. The lowest BCUT2D eigenvalue weighted by atomic mass is 9.95. The number of epoxide rings is 1. The molecule has 1 aliphatic heterocycles. The van der Waals surface area contributed by atoms with Crippen LogP contribution in [0.1, 0.15) is 32.6 Å². The largest absolute Gasteiger partial charge is 0.362 e. The summed E-state index contributed by atoms with van der Waals surface area (Å²) in [6, 6.07) is -0.369. The first-order valence-electron chi connectivity index (χ1n) is 5.23. The van der Waals surface area contributed by atoms with Crippen LogP contribution in [0.4, 0.5) is 0 Å². The number of ketones is 1. The first kappa shape index (κ1) is 9.87. The van der Waals surface area contributed by atoms with Gasteiger partial charge in [-0.2, -0.15) is 0 Å². The second kappa shape index (κ2) is 3.48. The Labute approximate surface area is 84.3 Å². The van der Waals surface area contributed by atoms with Gasteiger partial charge in [-0.15, -0.1) is 0 Å². The van der Waals surface area contributed by atoms with Crippen molar-refractivity contribution in [2.45, 2.75) is 44.2 Å². The summed E-state index contributed by atoms with van der Waals surface area (Å²) in [7, 11) is 0. The molecule has 2 rings (SSSR count). The quantitative estimate of drug-likeness (QED) is 0.541. The molecule has 1 heterocycles. The molecule has 3 nitrogen and oxygen atoms in total. The number of hydrogen-bond acceptors (Lipinski definition) is 3. The van der Waals surface area contributed by atoms with Crippen molar-refractivity contribution < 1.29 is 9.53 Å². The van der Waals surface area contributed by atoms with Gasteiger partial charge in [0.25, 0.3) is 0 Å². The number of carbonyl (C=O) groups excluding carboxylic acids is 1. The fourth-order valence-corrected chi connectivity index (χ4v) is 1.94. The lowest BCUT2D eigenvalue weighted by Crippen LogP contribution is -2.39. The highest BCUT2D eigenvalue weighted by Crippen LogP contribution is 2.30. The predicted octanol–water partition coefficient (Wildman–Crippen LogP) is 1.17. The van der Waals surface area contributed by atoms with Crippen LogP contribution in [-0.4, -0.2) is 24.0 Å². The van der Waals surface area contributed by atoms with Gasteiger partial charge in [0.05, 0.1) is 12.6 Å². The van der Waals surface area contributed by atoms with Gasteiger partial charge in [0.2, 0.25) is 0 Å². The molecule has 0 spiro atoms. The third-order valence-corrected chi connectivity index (χ3v) is 3.05. The highest BCUT2D eigenvalue weighted by atomic mass is 16.6. The third-order valence-electron chi connectivity index (χ3n) is 3.05. The molecule has 0 saturated carbocycles. The standard InChI is InChI=1S/C11H17NO2/c1-11(7-14-11)10(13)9(12)6-8-4-2-3-5-8/h4,9H,2-3,5-7,12H2,1H3/t9-,11?/m0/s1. The van der Waals surface area contributed by atoms with Gasteiger partial charge in [-0.05, 0) is 32.6 Å². The Balaban J connectivity index is 1.88. The molecule has 1 aliphatic carbocycles. The summed E-state index contributed by atoms with van der Waals surface area (Å²) in [5.74, 6) is 0.0605. The Kier molecular flexibility index (Phi) is 2.45. The molecule has 1 saturated heterocycles. The van der Waals surface area contributed by atoms with E-state index in [1.165, 1.54) is 12.0 Å². The molecule has 78 valence electrons. The van der Waals surface area contributed by atoms with Crippen LogP contribution in [0.25, 0.3) is 0 Å². The monoisotopic (exact) mass is 195 g/mol. The van der Waals surface area contributed by atoms with Crippen LogP contribution >= 0.6 is 0 Å². The highest BCUT2D eigenvalue weighted by Gasteiger charge is 2.48. The average molecular weight is 195 g/mol. The predicted molar refractivity (Wildman–Crippen MR) is 53.9 cm³/mol. The SMILES string of the molecule is CC1(C(=O)[C@@H](N)CC2=CCCC2)CO1. The van der Waals surface area contributed by atoms with Crippen molar-refractivity contribution in [3.05, 3.63) is 11.6 Å². The van der Waals surface area contributed by atoms with Crippen molar-refractivity contribution in [2.75, 3.05) is 6.61 Å². The van der Waals surface area contributed by atoms with Crippen LogP contribution in [0.15, 0.2) is 11.6 Å². The Morgan fingerprint density at radius 1 is 1.79 bits per heavy atom. The van der Waals surface area contributed by atoms with Crippen LogP contribution < -0.4 is 5.73 Å². The Bertz CT molecular complexity index is 279. The van der Waals surface area contributed by atoms with E-state index in [2.05, 4.69) is 6.08 Å². The molecule has 0 aromatic carbocycles. The van der Waals surface area contributed by atoms with E-state index in [0.717, 1.165) is 19.3 Å². The van der Waals surface area contributed by atoms with Crippen molar-refractivity contribution >= 4 is 5.78 Å². The molecule has 2 atom stereocenters. The van der Waals surface area contributed by atoms with Crippen LogP contribution in [-0.2, 0) is 9.53 Å². The molecule has 14 heavy (non-hydrogen) atoms. The number of Topliss-reactive ketones (excluding diaryl/α,β-unsaturated/α-hetero) is 1. The zero-order valence-corrected chi connectivity index (χ0v) is 8.58. The van der Waals surface area contributed by atoms with Crippen LogP contribution in [0.3, 0.4) is 0 Å². The van der Waals surface area contributed by atoms with Gasteiger partial charge < -0.3 is 10.5 Å². The fourth-order valence-electron chi connectivity index (χ4n) is 1.94. The van der Waals surface area contributed by atoms with Crippen molar-refractivity contribution in [3.8, 4) is 0 Å². The highest BCUT2D eigenvalue weighted by molar-refractivity contribution is 5.93. The molecular formula is C11H17NO2. The molecule has 2 aliphatic rings. The zero-order valence-electron chi connectivity index (χ0n) is 8.58. The molecule has 0 bridgehead atoms. The van der Waals surface area contributed by atoms with Gasteiger partial charge in [-0.3, -0.25) is 4.79 Å². The smallest absolute Gasteiger partial charge is 0.183 e. The maximum atomic E-state index is 11.7. The maximum Gasteiger partial charge on any atom is 0.183 e. The normalized spacial score (nSPS) is 32.6. The van der Waals surface area contributed by atoms with E-state index in [9.17, 15) is 4.79 Å². The minimum atomic E-state index is -0.557. The second-order valence-corrected chi connectivity index (χ2v) is 4.45. The Morgan fingerprint density at radius 2 is 2.50 bits per heavy atom. The van der Waals surface area contributed by atoms with Crippen LogP contribution in [0.5, 0.6) is 0 Å². The van der Waals surface area contributed by atoms with Gasteiger partial charge >= 0.3 is 0 Å². The van der Waals surface area contributed by atoms with Crippen LogP contribution in [0.2, 0.25) is 0 Å². The number of hydrogen-bond donors (Lipinski definition) is 1. The summed E-state index contributed by atoms with van der Waals surface area (Å²) in [5.41, 5.74) is 6.64. The number of rotatable bonds is 4. The number of nitrogens with two attached hydrogens (primary N) is 1. The van der Waals surface area contributed by atoms with Crippen molar-refractivity contribution in [1.82, 2.24) is 0 Å². The molecule has 0 amide bonds. The summed E-state index contributed by atoms with van der Waals surface area (Å²) in [4.78, 5) is 11.7. The van der Waals surface area contributed by atoms with E-state index in [1.807, 2.05) is 6.92 Å².